The molecule has 0 fully saturated rings. The predicted molar refractivity (Wildman–Crippen MR) is 87.9 cm³/mol. The second kappa shape index (κ2) is 7.35. The van der Waals surface area contributed by atoms with Gasteiger partial charge in [-0.25, -0.2) is 4.79 Å². The van der Waals surface area contributed by atoms with Gasteiger partial charge < -0.3 is 19.3 Å². The van der Waals surface area contributed by atoms with E-state index in [4.69, 9.17) is 14.2 Å². The number of phenolic OH excluding ortho intramolecular Hbond substituents is 1. The van der Waals surface area contributed by atoms with Crippen LogP contribution in [-0.2, 0) is 4.74 Å². The van der Waals surface area contributed by atoms with Crippen molar-refractivity contribution in [2.75, 3.05) is 21.3 Å². The number of benzene rings is 2. The first kappa shape index (κ1) is 16.4. The van der Waals surface area contributed by atoms with Crippen LogP contribution in [0.25, 0.3) is 12.2 Å². The van der Waals surface area contributed by atoms with E-state index in [-0.39, 0.29) is 5.75 Å². The van der Waals surface area contributed by atoms with E-state index in [2.05, 4.69) is 0 Å². The zero-order valence-electron chi connectivity index (χ0n) is 13.2. The quantitative estimate of drug-likeness (QED) is 0.677. The fourth-order valence-corrected chi connectivity index (χ4v) is 2.15. The molecule has 2 aromatic rings. The lowest BCUT2D eigenvalue weighted by atomic mass is 10.0. The topological polar surface area (TPSA) is 65.0 Å². The molecule has 0 unspecified atom stereocenters. The van der Waals surface area contributed by atoms with E-state index in [1.165, 1.54) is 21.3 Å². The van der Waals surface area contributed by atoms with E-state index in [1.54, 1.807) is 42.5 Å². The first-order valence-electron chi connectivity index (χ1n) is 6.91. The number of ether oxygens (including phenoxy) is 3. The molecule has 0 bridgehead atoms. The van der Waals surface area contributed by atoms with Crippen LogP contribution in [0.3, 0.4) is 0 Å². The average molecular weight is 314 g/mol. The van der Waals surface area contributed by atoms with E-state index in [1.807, 2.05) is 6.07 Å². The maximum Gasteiger partial charge on any atom is 0.342 e. The first-order valence-corrected chi connectivity index (χ1v) is 6.91. The van der Waals surface area contributed by atoms with Gasteiger partial charge in [-0.15, -0.1) is 0 Å². The molecule has 0 spiro atoms. The molecular weight excluding hydrogens is 296 g/mol. The summed E-state index contributed by atoms with van der Waals surface area (Å²) in [5, 5.41) is 9.82. The average Bonchev–Trinajstić information content (AvgIpc) is 2.59. The Morgan fingerprint density at radius 3 is 2.30 bits per heavy atom. The van der Waals surface area contributed by atoms with E-state index < -0.39 is 5.97 Å². The van der Waals surface area contributed by atoms with E-state index >= 15 is 0 Å². The number of hydrogen-bond donors (Lipinski definition) is 1. The molecule has 0 aliphatic rings. The summed E-state index contributed by atoms with van der Waals surface area (Å²) in [5.41, 5.74) is 1.49. The highest BCUT2D eigenvalue weighted by Gasteiger charge is 2.18. The Bertz CT molecular complexity index is 734. The molecule has 0 atom stereocenters. The molecule has 0 saturated heterocycles. The lowest BCUT2D eigenvalue weighted by Crippen LogP contribution is -2.07. The third kappa shape index (κ3) is 3.63. The molecule has 5 nitrogen and oxygen atoms in total. The molecule has 0 radical (unpaired) electrons. The number of hydrogen-bond acceptors (Lipinski definition) is 5. The minimum absolute atomic E-state index is 0.151. The molecule has 23 heavy (non-hydrogen) atoms. The summed E-state index contributed by atoms with van der Waals surface area (Å²) >= 11 is 0. The van der Waals surface area contributed by atoms with E-state index in [0.29, 0.717) is 28.2 Å². The van der Waals surface area contributed by atoms with Crippen LogP contribution in [0.2, 0.25) is 0 Å². The van der Waals surface area contributed by atoms with Crippen molar-refractivity contribution in [3.8, 4) is 17.2 Å². The SMILES string of the molecule is COC(=O)c1c(/C=C/c2ccccc2O)cc(OC)cc1OC. The number of phenols is 1. The fourth-order valence-electron chi connectivity index (χ4n) is 2.15. The number of carbonyl (C=O) groups excluding carboxylic acids is 1. The Labute approximate surface area is 134 Å². The van der Waals surface area contributed by atoms with Crippen LogP contribution >= 0.6 is 0 Å². The van der Waals surface area contributed by atoms with Crippen LogP contribution in [0.15, 0.2) is 36.4 Å². The third-order valence-electron chi connectivity index (χ3n) is 3.33. The van der Waals surface area contributed by atoms with Gasteiger partial charge in [-0.3, -0.25) is 0 Å². The molecule has 2 aromatic carbocycles. The van der Waals surface area contributed by atoms with Gasteiger partial charge in [0.2, 0.25) is 0 Å². The van der Waals surface area contributed by atoms with Gasteiger partial charge in [0, 0.05) is 11.6 Å². The van der Waals surface area contributed by atoms with Crippen LogP contribution in [-0.4, -0.2) is 32.4 Å². The Hall–Kier alpha value is -2.95. The number of esters is 1. The monoisotopic (exact) mass is 314 g/mol. The second-order valence-corrected chi connectivity index (χ2v) is 4.68. The minimum atomic E-state index is -0.513. The summed E-state index contributed by atoms with van der Waals surface area (Å²) in [7, 11) is 4.31. The standard InChI is InChI=1S/C18H18O5/c1-21-14-10-13(9-8-12-6-4-5-7-15(12)19)17(18(20)23-3)16(11-14)22-2/h4-11,19H,1-3H3/b9-8+. The van der Waals surface area contributed by atoms with Gasteiger partial charge in [-0.05, 0) is 17.7 Å². The van der Waals surface area contributed by atoms with Crippen molar-refractivity contribution in [1.29, 1.82) is 0 Å². The summed E-state index contributed by atoms with van der Waals surface area (Å²) in [6.07, 6.45) is 3.41. The lowest BCUT2D eigenvalue weighted by molar-refractivity contribution is 0.0597. The highest BCUT2D eigenvalue weighted by molar-refractivity contribution is 5.98. The molecule has 5 heteroatoms. The van der Waals surface area contributed by atoms with Crippen molar-refractivity contribution < 1.29 is 24.1 Å². The summed E-state index contributed by atoms with van der Waals surface area (Å²) < 4.78 is 15.3. The molecule has 2 rings (SSSR count). The summed E-state index contributed by atoms with van der Waals surface area (Å²) in [5.74, 6) is 0.541. The smallest absolute Gasteiger partial charge is 0.342 e. The molecule has 0 aromatic heterocycles. The predicted octanol–water partition coefficient (Wildman–Crippen LogP) is 3.37. The zero-order chi connectivity index (χ0) is 16.8. The molecule has 0 aliphatic heterocycles. The third-order valence-corrected chi connectivity index (χ3v) is 3.33. The van der Waals surface area contributed by atoms with Crippen LogP contribution < -0.4 is 9.47 Å². The van der Waals surface area contributed by atoms with Gasteiger partial charge in [0.15, 0.2) is 0 Å². The molecule has 0 heterocycles. The summed E-state index contributed by atoms with van der Waals surface area (Å²) in [4.78, 5) is 12.1. The van der Waals surface area contributed by atoms with E-state index in [9.17, 15) is 9.90 Å². The molecule has 1 N–H and O–H groups in total. The van der Waals surface area contributed by atoms with Crippen molar-refractivity contribution >= 4 is 18.1 Å². The van der Waals surface area contributed by atoms with Gasteiger partial charge >= 0.3 is 5.97 Å². The minimum Gasteiger partial charge on any atom is -0.507 e. The first-order chi connectivity index (χ1) is 11.1. The van der Waals surface area contributed by atoms with Crippen LogP contribution in [0.5, 0.6) is 17.2 Å². The normalized spacial score (nSPS) is 10.6. The Kier molecular flexibility index (Phi) is 5.25. The van der Waals surface area contributed by atoms with Gasteiger partial charge in [0.25, 0.3) is 0 Å². The number of methoxy groups -OCH3 is 3. The van der Waals surface area contributed by atoms with Gasteiger partial charge in [-0.1, -0.05) is 30.4 Å². The zero-order valence-corrected chi connectivity index (χ0v) is 13.2. The van der Waals surface area contributed by atoms with Gasteiger partial charge in [0.05, 0.1) is 21.3 Å². The van der Waals surface area contributed by atoms with Crippen molar-refractivity contribution in [1.82, 2.24) is 0 Å². The molecule has 0 aliphatic carbocycles. The van der Waals surface area contributed by atoms with Crippen molar-refractivity contribution in [2.45, 2.75) is 0 Å². The van der Waals surface area contributed by atoms with Gasteiger partial charge in [0.1, 0.15) is 22.8 Å². The van der Waals surface area contributed by atoms with Crippen molar-refractivity contribution in [2.24, 2.45) is 0 Å². The van der Waals surface area contributed by atoms with Crippen LogP contribution in [0.4, 0.5) is 0 Å². The number of para-hydroxylation sites is 1. The van der Waals surface area contributed by atoms with Gasteiger partial charge in [-0.2, -0.15) is 0 Å². The highest BCUT2D eigenvalue weighted by Crippen LogP contribution is 2.31. The summed E-state index contributed by atoms with van der Waals surface area (Å²) in [6, 6.07) is 10.2. The Morgan fingerprint density at radius 1 is 1.00 bits per heavy atom. The molecular formula is C18H18O5. The fraction of sp³-hybridized carbons (Fsp3) is 0.167. The van der Waals surface area contributed by atoms with Crippen molar-refractivity contribution in [3.63, 3.8) is 0 Å². The maximum atomic E-state index is 12.1. The Morgan fingerprint density at radius 2 is 1.70 bits per heavy atom. The Balaban J connectivity index is 2.55. The molecule has 120 valence electrons. The molecule has 0 amide bonds. The number of carbonyl (C=O) groups is 1. The lowest BCUT2D eigenvalue weighted by Gasteiger charge is -2.12. The van der Waals surface area contributed by atoms with Crippen molar-refractivity contribution in [3.05, 3.63) is 53.1 Å². The summed E-state index contributed by atoms with van der Waals surface area (Å²) in [6.45, 7) is 0. The number of aromatic hydroxyl groups is 1. The second-order valence-electron chi connectivity index (χ2n) is 4.68. The van der Waals surface area contributed by atoms with Crippen LogP contribution in [0, 0.1) is 0 Å². The van der Waals surface area contributed by atoms with E-state index in [0.717, 1.165) is 0 Å². The largest absolute Gasteiger partial charge is 0.507 e. The highest BCUT2D eigenvalue weighted by atomic mass is 16.5. The number of rotatable bonds is 5. The van der Waals surface area contributed by atoms with Crippen LogP contribution in [0.1, 0.15) is 21.5 Å². The molecule has 0 saturated carbocycles. The maximum absolute atomic E-state index is 12.1.